The number of benzene rings is 4. The van der Waals surface area contributed by atoms with E-state index in [2.05, 4.69) is 97.9 Å². The molecule has 0 radical (unpaired) electrons. The van der Waals surface area contributed by atoms with Gasteiger partial charge in [-0.05, 0) is 53.4 Å². The summed E-state index contributed by atoms with van der Waals surface area (Å²) in [6, 6.07) is 35.7. The Balaban J connectivity index is 1.49. The lowest BCUT2D eigenvalue weighted by Gasteiger charge is -2.08. The Hall–Kier alpha value is -4.17. The van der Waals surface area contributed by atoms with Gasteiger partial charge in [-0.15, -0.1) is 0 Å². The highest BCUT2D eigenvalue weighted by atomic mass is 16.3. The molecule has 32 heavy (non-hydrogen) atoms. The standard InChI is InChI=1S/C30H21NO/c1-20-17-28(31-19-27(20)22-11-6-3-7-12-22)25-14-8-13-24-26-18-23(21-9-4-2-5-10-21)15-16-29(26)32-30(24)25/h2-19H,1H3. The predicted molar refractivity (Wildman–Crippen MR) is 133 cm³/mol. The number of rotatable bonds is 3. The van der Waals surface area contributed by atoms with E-state index >= 15 is 0 Å². The number of fused-ring (bicyclic) bond motifs is 3. The van der Waals surface area contributed by atoms with Gasteiger partial charge in [-0.2, -0.15) is 0 Å². The fourth-order valence-corrected chi connectivity index (χ4v) is 4.43. The van der Waals surface area contributed by atoms with Crippen LogP contribution in [0.4, 0.5) is 0 Å². The summed E-state index contributed by atoms with van der Waals surface area (Å²) in [5.41, 5.74) is 9.63. The summed E-state index contributed by atoms with van der Waals surface area (Å²) in [6.07, 6.45) is 1.97. The van der Waals surface area contributed by atoms with Crippen molar-refractivity contribution in [3.05, 3.63) is 115 Å². The Morgan fingerprint density at radius 1 is 0.594 bits per heavy atom. The molecule has 2 heteroatoms. The molecule has 2 aromatic heterocycles. The van der Waals surface area contributed by atoms with E-state index in [0.717, 1.165) is 38.8 Å². The van der Waals surface area contributed by atoms with Crippen molar-refractivity contribution < 1.29 is 4.42 Å². The van der Waals surface area contributed by atoms with Gasteiger partial charge < -0.3 is 4.42 Å². The first-order valence-electron chi connectivity index (χ1n) is 10.8. The second kappa shape index (κ2) is 7.51. The van der Waals surface area contributed by atoms with Crippen molar-refractivity contribution in [2.45, 2.75) is 6.92 Å². The van der Waals surface area contributed by atoms with Crippen LogP contribution in [0.2, 0.25) is 0 Å². The highest BCUT2D eigenvalue weighted by molar-refractivity contribution is 6.10. The van der Waals surface area contributed by atoms with E-state index in [1.807, 2.05) is 18.3 Å². The van der Waals surface area contributed by atoms with Gasteiger partial charge in [-0.1, -0.05) is 78.9 Å². The molecule has 2 nitrogen and oxygen atoms in total. The normalized spacial score (nSPS) is 11.3. The predicted octanol–water partition coefficient (Wildman–Crippen LogP) is 8.29. The second-order valence-electron chi connectivity index (χ2n) is 8.11. The lowest BCUT2D eigenvalue weighted by Crippen LogP contribution is -1.90. The molecule has 0 aliphatic rings. The first kappa shape index (κ1) is 18.6. The first-order valence-corrected chi connectivity index (χ1v) is 10.8. The summed E-state index contributed by atoms with van der Waals surface area (Å²) in [4.78, 5) is 4.81. The lowest BCUT2D eigenvalue weighted by molar-refractivity contribution is 0.670. The molecule has 6 rings (SSSR count). The summed E-state index contributed by atoms with van der Waals surface area (Å²) >= 11 is 0. The average Bonchev–Trinajstić information content (AvgIpc) is 3.23. The Morgan fingerprint density at radius 2 is 1.34 bits per heavy atom. The highest BCUT2D eigenvalue weighted by Gasteiger charge is 2.15. The van der Waals surface area contributed by atoms with Crippen molar-refractivity contribution in [2.75, 3.05) is 0 Å². The van der Waals surface area contributed by atoms with Crippen molar-refractivity contribution in [3.8, 4) is 33.5 Å². The zero-order valence-electron chi connectivity index (χ0n) is 17.7. The van der Waals surface area contributed by atoms with Crippen LogP contribution in [-0.4, -0.2) is 4.98 Å². The van der Waals surface area contributed by atoms with Crippen LogP contribution in [0.5, 0.6) is 0 Å². The topological polar surface area (TPSA) is 26.0 Å². The van der Waals surface area contributed by atoms with Gasteiger partial charge in [0.2, 0.25) is 0 Å². The number of para-hydroxylation sites is 1. The maximum absolute atomic E-state index is 6.34. The molecule has 0 N–H and O–H groups in total. The SMILES string of the molecule is Cc1cc(-c2cccc3c2oc2ccc(-c4ccccc4)cc23)ncc1-c1ccccc1. The molecule has 0 atom stereocenters. The Bertz CT molecular complexity index is 1560. The first-order chi connectivity index (χ1) is 15.8. The number of hydrogen-bond acceptors (Lipinski definition) is 2. The number of nitrogens with zero attached hydrogens (tertiary/aromatic N) is 1. The molecule has 0 saturated heterocycles. The number of furan rings is 1. The molecular weight excluding hydrogens is 390 g/mol. The fraction of sp³-hybridized carbons (Fsp3) is 0.0333. The van der Waals surface area contributed by atoms with Crippen LogP contribution < -0.4 is 0 Å². The monoisotopic (exact) mass is 411 g/mol. The number of aryl methyl sites for hydroxylation is 1. The fourth-order valence-electron chi connectivity index (χ4n) is 4.43. The summed E-state index contributed by atoms with van der Waals surface area (Å²) in [7, 11) is 0. The van der Waals surface area contributed by atoms with Gasteiger partial charge in [0.15, 0.2) is 0 Å². The molecule has 4 aromatic carbocycles. The van der Waals surface area contributed by atoms with Crippen LogP contribution >= 0.6 is 0 Å². The van der Waals surface area contributed by atoms with Crippen molar-refractivity contribution in [3.63, 3.8) is 0 Å². The van der Waals surface area contributed by atoms with E-state index in [1.54, 1.807) is 0 Å². The van der Waals surface area contributed by atoms with Gasteiger partial charge in [0.25, 0.3) is 0 Å². The minimum atomic E-state index is 0.882. The van der Waals surface area contributed by atoms with Crippen molar-refractivity contribution in [1.29, 1.82) is 0 Å². The average molecular weight is 412 g/mol. The van der Waals surface area contributed by atoms with Gasteiger partial charge in [0, 0.05) is 28.1 Å². The molecule has 0 aliphatic carbocycles. The van der Waals surface area contributed by atoms with Crippen LogP contribution in [0, 0.1) is 6.92 Å². The molecule has 152 valence electrons. The van der Waals surface area contributed by atoms with E-state index < -0.39 is 0 Å². The van der Waals surface area contributed by atoms with Gasteiger partial charge in [-0.25, -0.2) is 0 Å². The van der Waals surface area contributed by atoms with Crippen LogP contribution in [0.3, 0.4) is 0 Å². The van der Waals surface area contributed by atoms with Gasteiger partial charge in [0.05, 0.1) is 5.69 Å². The summed E-state index contributed by atoms with van der Waals surface area (Å²) < 4.78 is 6.34. The van der Waals surface area contributed by atoms with Gasteiger partial charge in [0.1, 0.15) is 11.2 Å². The minimum Gasteiger partial charge on any atom is -0.455 e. The molecule has 0 fully saturated rings. The second-order valence-corrected chi connectivity index (χ2v) is 8.11. The highest BCUT2D eigenvalue weighted by Crippen LogP contribution is 2.37. The summed E-state index contributed by atoms with van der Waals surface area (Å²) in [5, 5.41) is 2.24. The zero-order chi connectivity index (χ0) is 21.5. The molecule has 0 amide bonds. The molecule has 6 aromatic rings. The van der Waals surface area contributed by atoms with E-state index in [1.165, 1.54) is 22.3 Å². The van der Waals surface area contributed by atoms with Crippen LogP contribution in [-0.2, 0) is 0 Å². The largest absolute Gasteiger partial charge is 0.455 e. The molecule has 0 aliphatic heterocycles. The van der Waals surface area contributed by atoms with Crippen molar-refractivity contribution in [1.82, 2.24) is 4.98 Å². The van der Waals surface area contributed by atoms with Crippen molar-refractivity contribution >= 4 is 21.9 Å². The quantitative estimate of drug-likeness (QED) is 0.293. The van der Waals surface area contributed by atoms with Gasteiger partial charge >= 0.3 is 0 Å². The number of pyridine rings is 1. The lowest BCUT2D eigenvalue weighted by atomic mass is 9.99. The van der Waals surface area contributed by atoms with E-state index in [4.69, 9.17) is 9.40 Å². The summed E-state index contributed by atoms with van der Waals surface area (Å²) in [5.74, 6) is 0. The third-order valence-electron chi connectivity index (χ3n) is 6.08. The number of hydrogen-bond donors (Lipinski definition) is 0. The molecule has 0 bridgehead atoms. The molecule has 0 unspecified atom stereocenters. The van der Waals surface area contributed by atoms with Crippen LogP contribution in [0.15, 0.2) is 114 Å². The maximum Gasteiger partial charge on any atom is 0.144 e. The van der Waals surface area contributed by atoms with Crippen LogP contribution in [0.1, 0.15) is 5.56 Å². The Kier molecular flexibility index (Phi) is 4.36. The molecule has 0 spiro atoms. The van der Waals surface area contributed by atoms with Crippen LogP contribution in [0.25, 0.3) is 55.4 Å². The minimum absolute atomic E-state index is 0.882. The molecule has 0 saturated carbocycles. The maximum atomic E-state index is 6.34. The third kappa shape index (κ3) is 3.09. The Morgan fingerprint density at radius 3 is 2.09 bits per heavy atom. The smallest absolute Gasteiger partial charge is 0.144 e. The number of aromatic nitrogens is 1. The molecular formula is C30H21NO. The van der Waals surface area contributed by atoms with Crippen molar-refractivity contribution in [2.24, 2.45) is 0 Å². The Labute approximate surface area is 186 Å². The zero-order valence-corrected chi connectivity index (χ0v) is 17.7. The summed E-state index contributed by atoms with van der Waals surface area (Å²) in [6.45, 7) is 2.14. The van der Waals surface area contributed by atoms with E-state index in [0.29, 0.717) is 0 Å². The van der Waals surface area contributed by atoms with E-state index in [9.17, 15) is 0 Å². The van der Waals surface area contributed by atoms with E-state index in [-0.39, 0.29) is 0 Å². The third-order valence-corrected chi connectivity index (χ3v) is 6.08. The molecule has 2 heterocycles. The van der Waals surface area contributed by atoms with Gasteiger partial charge in [-0.3, -0.25) is 4.98 Å².